The van der Waals surface area contributed by atoms with E-state index < -0.39 is 91.6 Å². The number of aliphatic hydroxyl groups excluding tert-OH is 6. The van der Waals surface area contributed by atoms with Crippen molar-refractivity contribution < 1.29 is 126 Å². The lowest BCUT2D eigenvalue weighted by atomic mass is 10.1. The third-order valence-electron chi connectivity index (χ3n) is 10.8. The Balaban J connectivity index is 0.000000594. The van der Waals surface area contributed by atoms with Gasteiger partial charge in [-0.15, -0.1) is 0 Å². The number of carbonyl (C=O) groups excluding carboxylic acids is 8. The predicted molar refractivity (Wildman–Crippen MR) is 304 cm³/mol. The van der Waals surface area contributed by atoms with E-state index in [2.05, 4.69) is 9.47 Å². The van der Waals surface area contributed by atoms with Gasteiger partial charge in [0.15, 0.2) is 0 Å². The average Bonchev–Trinajstić information content (AvgIpc) is 3.55. The first-order chi connectivity index (χ1) is 40.7. The maximum atomic E-state index is 12.2. The highest BCUT2D eigenvalue weighted by atomic mass is 33.1. The van der Waals surface area contributed by atoms with Crippen LogP contribution in [0.15, 0.2) is 72.8 Å². The molecule has 0 saturated heterocycles. The monoisotopic (exact) mass is 1240 g/mol. The van der Waals surface area contributed by atoms with Crippen LogP contribution in [0.5, 0.6) is 23.0 Å². The minimum atomic E-state index is -1.33. The van der Waals surface area contributed by atoms with Gasteiger partial charge in [-0.1, -0.05) is 54.0 Å². The Bertz CT molecular complexity index is 2440. The lowest BCUT2D eigenvalue weighted by Gasteiger charge is -2.15. The summed E-state index contributed by atoms with van der Waals surface area (Å²) in [6, 6.07) is 18.5. The summed E-state index contributed by atoms with van der Waals surface area (Å²) < 4.78 is 60.7. The van der Waals surface area contributed by atoms with E-state index in [-0.39, 0.29) is 102 Å². The van der Waals surface area contributed by atoms with Crippen LogP contribution < -0.4 is 18.9 Å². The minimum Gasteiger partial charge on any atom is -0.491 e. The van der Waals surface area contributed by atoms with E-state index in [0.717, 1.165) is 6.42 Å². The van der Waals surface area contributed by atoms with Gasteiger partial charge in [-0.25, -0.2) is 9.59 Å². The van der Waals surface area contributed by atoms with Crippen molar-refractivity contribution in [3.8, 4) is 23.0 Å². The molecule has 474 valence electrons. The molecule has 0 heterocycles. The van der Waals surface area contributed by atoms with Crippen molar-refractivity contribution in [2.75, 3.05) is 91.8 Å². The fourth-order valence-electron chi connectivity index (χ4n) is 6.08. The molecule has 0 aliphatic rings. The fourth-order valence-corrected chi connectivity index (χ4v) is 8.03. The first-order valence-corrected chi connectivity index (χ1v) is 29.5. The Morgan fingerprint density at radius 3 is 1.02 bits per heavy atom. The molecule has 3 rings (SSSR count). The van der Waals surface area contributed by atoms with Crippen LogP contribution in [0.25, 0.3) is 0 Å². The lowest BCUT2D eigenvalue weighted by Crippen LogP contribution is -2.26. The van der Waals surface area contributed by atoms with Crippen molar-refractivity contribution in [3.05, 3.63) is 83.9 Å². The van der Waals surface area contributed by atoms with Crippen molar-refractivity contribution in [2.45, 2.75) is 108 Å². The molecule has 28 heteroatoms. The molecule has 6 atom stereocenters. The third-order valence-corrected chi connectivity index (χ3v) is 13.2. The average molecular weight is 1240 g/mol. The summed E-state index contributed by atoms with van der Waals surface area (Å²) >= 11 is 0. The molecular formula is C57H78O26S2. The van der Waals surface area contributed by atoms with Crippen LogP contribution in [0.3, 0.4) is 0 Å². The normalized spacial score (nSPS) is 12.8. The van der Waals surface area contributed by atoms with Gasteiger partial charge in [0.05, 0.1) is 76.1 Å². The Hall–Kier alpha value is -6.92. The fraction of sp³-hybridized carbons (Fsp3) is 0.544. The van der Waals surface area contributed by atoms with Crippen LogP contribution in [0.4, 0.5) is 0 Å². The minimum absolute atomic E-state index is 0.106. The molecule has 0 amide bonds. The lowest BCUT2D eigenvalue weighted by molar-refractivity contribution is -0.153. The first kappa shape index (κ1) is 74.2. The molecule has 0 aliphatic carbocycles. The summed E-state index contributed by atoms with van der Waals surface area (Å²) in [5.41, 5.74) is 0.287. The molecule has 0 radical (unpaired) electrons. The Morgan fingerprint density at radius 1 is 0.376 bits per heavy atom. The standard InChI is InChI=1S/C33H44O14.C24H34O12S2/c1-3-6-25(35)17-46-32(40)22-9-11-23(12-10-22)33(41)47-21-27(37)20-45-31(39)14-13-30(38)44-19-26(36)18-43-29-8-5-7-28(15-29)42-16-24(34)4-2;1-31-21(27)6-7-23(29)35-15-17(25)13-33-19-4-3-5-20(12-19)34-14-18(26)16-36-24(30)9-11-38-37-10-8-22(28)32-2/h5,7-12,15,24-27,34-37H,3-4,6,13-14,16-21H2,1-2H3;3-5,12,17-18,25-26H,6-11,13-16H2,1-2H3. The van der Waals surface area contributed by atoms with E-state index >= 15 is 0 Å². The van der Waals surface area contributed by atoms with Gasteiger partial charge in [-0.3, -0.25) is 28.8 Å². The zero-order valence-electron chi connectivity index (χ0n) is 47.9. The van der Waals surface area contributed by atoms with Gasteiger partial charge in [-0.2, -0.15) is 0 Å². The second kappa shape index (κ2) is 44.5. The van der Waals surface area contributed by atoms with Crippen LogP contribution in [0, 0.1) is 0 Å². The van der Waals surface area contributed by atoms with Gasteiger partial charge in [-0.05, 0) is 61.4 Å². The van der Waals surface area contributed by atoms with E-state index in [9.17, 15) is 69.0 Å². The van der Waals surface area contributed by atoms with E-state index in [4.69, 9.17) is 47.4 Å². The van der Waals surface area contributed by atoms with Crippen LogP contribution in [0.1, 0.15) is 92.4 Å². The van der Waals surface area contributed by atoms with Gasteiger partial charge in [0.25, 0.3) is 0 Å². The van der Waals surface area contributed by atoms with Crippen LogP contribution in [-0.2, 0) is 66.7 Å². The zero-order chi connectivity index (χ0) is 62.8. The third kappa shape index (κ3) is 36.5. The molecule has 0 fully saturated rings. The zero-order valence-corrected chi connectivity index (χ0v) is 49.5. The molecule has 0 spiro atoms. The SMILES string of the molecule is CCCC(O)COC(=O)c1ccc(C(=O)OCC(O)COC(=O)CCC(=O)OCC(O)COc2cccc(OCC(O)CC)c2)cc1.COC(=O)CCSSCCC(=O)OCC(O)COc1cccc(OCC(O)COC(=O)CCC(=O)OC)c1. The number of aliphatic hydroxyl groups is 6. The first-order valence-electron chi connectivity index (χ1n) is 27.0. The smallest absolute Gasteiger partial charge is 0.338 e. The predicted octanol–water partition coefficient (Wildman–Crippen LogP) is 3.52. The van der Waals surface area contributed by atoms with E-state index in [1.807, 2.05) is 13.8 Å². The topological polar surface area (TPSA) is 369 Å². The molecule has 3 aromatic carbocycles. The van der Waals surface area contributed by atoms with Gasteiger partial charge >= 0.3 is 47.8 Å². The van der Waals surface area contributed by atoms with E-state index in [1.54, 1.807) is 48.5 Å². The van der Waals surface area contributed by atoms with Crippen molar-refractivity contribution in [1.29, 1.82) is 0 Å². The van der Waals surface area contributed by atoms with E-state index in [1.165, 1.54) is 60.1 Å². The van der Waals surface area contributed by atoms with Crippen LogP contribution in [-0.4, -0.2) is 207 Å². The highest BCUT2D eigenvalue weighted by molar-refractivity contribution is 8.76. The van der Waals surface area contributed by atoms with Gasteiger partial charge in [0.2, 0.25) is 0 Å². The van der Waals surface area contributed by atoms with Crippen molar-refractivity contribution >= 4 is 69.3 Å². The molecule has 6 N–H and O–H groups in total. The number of rotatable bonds is 42. The Labute approximate surface area is 500 Å². The molecule has 0 bridgehead atoms. The summed E-state index contributed by atoms with van der Waals surface area (Å²) in [7, 11) is 5.46. The summed E-state index contributed by atoms with van der Waals surface area (Å²) in [4.78, 5) is 93.5. The summed E-state index contributed by atoms with van der Waals surface area (Å²) in [5.74, 6) is -2.13. The molecular weight excluding hydrogens is 1160 g/mol. The molecule has 3 aromatic rings. The molecule has 6 unspecified atom stereocenters. The summed E-state index contributed by atoms with van der Waals surface area (Å²) in [5, 5.41) is 59.3. The molecule has 0 aliphatic heterocycles. The van der Waals surface area contributed by atoms with Crippen molar-refractivity contribution in [3.63, 3.8) is 0 Å². The number of hydrogen-bond acceptors (Lipinski definition) is 28. The number of ether oxygens (including phenoxy) is 12. The molecule has 0 saturated carbocycles. The van der Waals surface area contributed by atoms with E-state index in [0.29, 0.717) is 53.8 Å². The largest absolute Gasteiger partial charge is 0.491 e. The highest BCUT2D eigenvalue weighted by Crippen LogP contribution is 2.24. The van der Waals surface area contributed by atoms with Crippen LogP contribution in [0.2, 0.25) is 0 Å². The highest BCUT2D eigenvalue weighted by Gasteiger charge is 2.19. The number of hydrogen-bond donors (Lipinski definition) is 6. The second-order valence-electron chi connectivity index (χ2n) is 18.1. The Kier molecular flexibility index (Phi) is 38.9. The van der Waals surface area contributed by atoms with Gasteiger partial charge in [0.1, 0.15) is 113 Å². The number of carbonyl (C=O) groups is 8. The number of benzene rings is 3. The molecule has 0 aromatic heterocycles. The Morgan fingerprint density at radius 2 is 0.671 bits per heavy atom. The quantitative estimate of drug-likeness (QED) is 0.0204. The van der Waals surface area contributed by atoms with Crippen LogP contribution >= 0.6 is 21.6 Å². The second-order valence-corrected chi connectivity index (χ2v) is 20.8. The maximum Gasteiger partial charge on any atom is 0.338 e. The summed E-state index contributed by atoms with van der Waals surface area (Å²) in [6.07, 6.45) is -4.58. The number of esters is 8. The molecule has 85 heavy (non-hydrogen) atoms. The summed E-state index contributed by atoms with van der Waals surface area (Å²) in [6.45, 7) is 1.41. The maximum absolute atomic E-state index is 12.2. The number of methoxy groups -OCH3 is 2. The molecule has 26 nitrogen and oxygen atoms in total. The van der Waals surface area contributed by atoms with Gasteiger partial charge in [0, 0.05) is 23.6 Å². The van der Waals surface area contributed by atoms with Crippen molar-refractivity contribution in [1.82, 2.24) is 0 Å². The van der Waals surface area contributed by atoms with Gasteiger partial charge < -0.3 is 87.5 Å². The van der Waals surface area contributed by atoms with Crippen molar-refractivity contribution in [2.24, 2.45) is 0 Å².